The summed E-state index contributed by atoms with van der Waals surface area (Å²) in [5.74, 6) is 0. The van der Waals surface area contributed by atoms with Gasteiger partial charge in [0, 0.05) is 31.9 Å². The Morgan fingerprint density at radius 3 is 2.76 bits per heavy atom. The van der Waals surface area contributed by atoms with E-state index in [0.29, 0.717) is 6.04 Å². The summed E-state index contributed by atoms with van der Waals surface area (Å²) in [5, 5.41) is 0. The van der Waals surface area contributed by atoms with Crippen molar-refractivity contribution in [1.82, 2.24) is 4.90 Å². The molecule has 1 aliphatic heterocycles. The molecule has 0 radical (unpaired) electrons. The second-order valence-electron chi connectivity index (χ2n) is 5.14. The second-order valence-corrected chi connectivity index (χ2v) is 5.14. The van der Waals surface area contributed by atoms with Crippen LogP contribution in [-0.4, -0.2) is 44.2 Å². The molecule has 2 rings (SSSR count). The van der Waals surface area contributed by atoms with Crippen molar-refractivity contribution in [2.75, 3.05) is 38.1 Å². The smallest absolute Gasteiger partial charge is 0.0539 e. The SMILES string of the molecule is Cc1ccc(C)c(N2CCN(C)CC2CN)c1. The maximum absolute atomic E-state index is 5.91. The Balaban J connectivity index is 2.28. The molecule has 0 aliphatic carbocycles. The van der Waals surface area contributed by atoms with E-state index in [1.165, 1.54) is 16.8 Å². The number of hydrogen-bond donors (Lipinski definition) is 1. The molecule has 0 amide bonds. The first kappa shape index (κ1) is 12.4. The van der Waals surface area contributed by atoms with Gasteiger partial charge >= 0.3 is 0 Å². The molecule has 1 aliphatic rings. The average Bonchev–Trinajstić information content (AvgIpc) is 2.32. The quantitative estimate of drug-likeness (QED) is 0.837. The molecule has 3 heteroatoms. The van der Waals surface area contributed by atoms with Gasteiger partial charge in [0.25, 0.3) is 0 Å². The molecule has 1 aromatic rings. The number of anilines is 1. The minimum atomic E-state index is 0.439. The van der Waals surface area contributed by atoms with E-state index >= 15 is 0 Å². The summed E-state index contributed by atoms with van der Waals surface area (Å²) in [6, 6.07) is 7.10. The van der Waals surface area contributed by atoms with Crippen LogP contribution >= 0.6 is 0 Å². The molecule has 1 unspecified atom stereocenters. The van der Waals surface area contributed by atoms with Gasteiger partial charge in [0.1, 0.15) is 0 Å². The third-order valence-electron chi connectivity index (χ3n) is 3.63. The van der Waals surface area contributed by atoms with Crippen molar-refractivity contribution in [3.8, 4) is 0 Å². The Morgan fingerprint density at radius 1 is 1.29 bits per heavy atom. The number of piperazine rings is 1. The van der Waals surface area contributed by atoms with E-state index in [4.69, 9.17) is 5.73 Å². The zero-order chi connectivity index (χ0) is 12.4. The van der Waals surface area contributed by atoms with Crippen molar-refractivity contribution in [2.24, 2.45) is 5.73 Å². The summed E-state index contributed by atoms with van der Waals surface area (Å²) in [6.07, 6.45) is 0. The van der Waals surface area contributed by atoms with E-state index in [0.717, 1.165) is 26.2 Å². The fourth-order valence-electron chi connectivity index (χ4n) is 2.56. The molecule has 0 spiro atoms. The second kappa shape index (κ2) is 5.07. The number of nitrogens with two attached hydrogens (primary N) is 1. The number of benzene rings is 1. The van der Waals surface area contributed by atoms with Gasteiger partial charge < -0.3 is 15.5 Å². The van der Waals surface area contributed by atoms with Crippen molar-refractivity contribution in [1.29, 1.82) is 0 Å². The number of aryl methyl sites for hydroxylation is 2. The van der Waals surface area contributed by atoms with E-state index in [2.05, 4.69) is 48.9 Å². The molecule has 0 aromatic heterocycles. The first-order valence-electron chi connectivity index (χ1n) is 6.34. The van der Waals surface area contributed by atoms with Gasteiger partial charge in [-0.1, -0.05) is 12.1 Å². The van der Waals surface area contributed by atoms with Crippen LogP contribution in [0.1, 0.15) is 11.1 Å². The summed E-state index contributed by atoms with van der Waals surface area (Å²) in [5.41, 5.74) is 9.93. The fraction of sp³-hybridized carbons (Fsp3) is 0.571. The first-order valence-corrected chi connectivity index (χ1v) is 6.34. The highest BCUT2D eigenvalue weighted by atomic mass is 15.3. The average molecular weight is 233 g/mol. The predicted octanol–water partition coefficient (Wildman–Crippen LogP) is 1.38. The van der Waals surface area contributed by atoms with Crippen LogP contribution in [0.15, 0.2) is 18.2 Å². The lowest BCUT2D eigenvalue weighted by Gasteiger charge is -2.41. The van der Waals surface area contributed by atoms with Crippen LogP contribution in [0, 0.1) is 13.8 Å². The van der Waals surface area contributed by atoms with Crippen LogP contribution in [0.4, 0.5) is 5.69 Å². The lowest BCUT2D eigenvalue weighted by molar-refractivity contribution is 0.269. The highest BCUT2D eigenvalue weighted by Crippen LogP contribution is 2.25. The first-order chi connectivity index (χ1) is 8.11. The number of rotatable bonds is 2. The molecule has 0 bridgehead atoms. The molecule has 1 aromatic carbocycles. The molecule has 1 heterocycles. The van der Waals surface area contributed by atoms with Gasteiger partial charge in [-0.3, -0.25) is 0 Å². The molecule has 1 atom stereocenters. The van der Waals surface area contributed by atoms with Crippen LogP contribution in [-0.2, 0) is 0 Å². The van der Waals surface area contributed by atoms with Gasteiger partial charge in [-0.05, 0) is 38.1 Å². The van der Waals surface area contributed by atoms with Gasteiger partial charge in [0.15, 0.2) is 0 Å². The lowest BCUT2D eigenvalue weighted by atomic mass is 10.1. The molecular formula is C14H23N3. The van der Waals surface area contributed by atoms with Crippen molar-refractivity contribution in [2.45, 2.75) is 19.9 Å². The van der Waals surface area contributed by atoms with E-state index in [1.54, 1.807) is 0 Å². The van der Waals surface area contributed by atoms with E-state index < -0.39 is 0 Å². The van der Waals surface area contributed by atoms with E-state index in [-0.39, 0.29) is 0 Å². The van der Waals surface area contributed by atoms with Crippen molar-refractivity contribution < 1.29 is 0 Å². The predicted molar refractivity (Wildman–Crippen MR) is 73.6 cm³/mol. The molecule has 3 nitrogen and oxygen atoms in total. The van der Waals surface area contributed by atoms with Gasteiger partial charge in [0.05, 0.1) is 6.04 Å². The maximum Gasteiger partial charge on any atom is 0.0539 e. The van der Waals surface area contributed by atoms with Crippen molar-refractivity contribution in [3.05, 3.63) is 29.3 Å². The maximum atomic E-state index is 5.91. The Labute approximate surface area is 104 Å². The Hall–Kier alpha value is -1.06. The molecule has 1 fully saturated rings. The fourth-order valence-corrected chi connectivity index (χ4v) is 2.56. The molecule has 17 heavy (non-hydrogen) atoms. The molecular weight excluding hydrogens is 210 g/mol. The monoisotopic (exact) mass is 233 g/mol. The van der Waals surface area contributed by atoms with Crippen LogP contribution < -0.4 is 10.6 Å². The molecule has 94 valence electrons. The summed E-state index contributed by atoms with van der Waals surface area (Å²) >= 11 is 0. The van der Waals surface area contributed by atoms with Gasteiger partial charge in [-0.2, -0.15) is 0 Å². The van der Waals surface area contributed by atoms with E-state index in [1.807, 2.05) is 0 Å². The third kappa shape index (κ3) is 2.61. The zero-order valence-corrected chi connectivity index (χ0v) is 11.1. The highest BCUT2D eigenvalue weighted by Gasteiger charge is 2.25. The largest absolute Gasteiger partial charge is 0.364 e. The summed E-state index contributed by atoms with van der Waals surface area (Å²) in [7, 11) is 2.17. The van der Waals surface area contributed by atoms with Gasteiger partial charge in [-0.15, -0.1) is 0 Å². The molecule has 1 saturated heterocycles. The normalized spacial score (nSPS) is 21.9. The van der Waals surface area contributed by atoms with Gasteiger partial charge in [0.2, 0.25) is 0 Å². The summed E-state index contributed by atoms with van der Waals surface area (Å²) in [6.45, 7) is 8.30. The van der Waals surface area contributed by atoms with Crippen LogP contribution in [0.2, 0.25) is 0 Å². The van der Waals surface area contributed by atoms with Crippen molar-refractivity contribution in [3.63, 3.8) is 0 Å². The molecule has 0 saturated carbocycles. The third-order valence-corrected chi connectivity index (χ3v) is 3.63. The number of nitrogens with zero attached hydrogens (tertiary/aromatic N) is 2. The van der Waals surface area contributed by atoms with Crippen LogP contribution in [0.5, 0.6) is 0 Å². The lowest BCUT2D eigenvalue weighted by Crippen LogP contribution is -2.55. The number of likely N-dealkylation sites (N-methyl/N-ethyl adjacent to an activating group) is 1. The Bertz CT molecular complexity index is 389. The van der Waals surface area contributed by atoms with Crippen LogP contribution in [0.3, 0.4) is 0 Å². The van der Waals surface area contributed by atoms with Gasteiger partial charge in [-0.25, -0.2) is 0 Å². The summed E-state index contributed by atoms with van der Waals surface area (Å²) in [4.78, 5) is 4.83. The number of hydrogen-bond acceptors (Lipinski definition) is 3. The standard InChI is InChI=1S/C14H23N3/c1-11-4-5-12(2)14(8-11)17-7-6-16(3)10-13(17)9-15/h4-5,8,13H,6-7,9-10,15H2,1-3H3. The Morgan fingerprint density at radius 2 is 2.06 bits per heavy atom. The van der Waals surface area contributed by atoms with Crippen molar-refractivity contribution >= 4 is 5.69 Å². The van der Waals surface area contributed by atoms with E-state index in [9.17, 15) is 0 Å². The highest BCUT2D eigenvalue weighted by molar-refractivity contribution is 5.56. The topological polar surface area (TPSA) is 32.5 Å². The minimum Gasteiger partial charge on any atom is -0.364 e. The summed E-state index contributed by atoms with van der Waals surface area (Å²) < 4.78 is 0. The minimum absolute atomic E-state index is 0.439. The van der Waals surface area contributed by atoms with Crippen LogP contribution in [0.25, 0.3) is 0 Å². The zero-order valence-electron chi connectivity index (χ0n) is 11.1. The molecule has 2 N–H and O–H groups in total. The Kier molecular flexibility index (Phi) is 3.69.